The summed E-state index contributed by atoms with van der Waals surface area (Å²) in [6, 6.07) is 11.5. The lowest BCUT2D eigenvalue weighted by Crippen LogP contribution is -2.33. The number of aromatic nitrogens is 1. The SMILES string of the molecule is CC1C(=O)N(Nc2ccncc2)c2ccccc21. The molecular formula is C14H13N3O. The molecule has 1 aromatic heterocycles. The van der Waals surface area contributed by atoms with E-state index in [1.165, 1.54) is 0 Å². The summed E-state index contributed by atoms with van der Waals surface area (Å²) in [5.74, 6) is -0.0384. The number of nitrogens with one attached hydrogen (secondary N) is 1. The smallest absolute Gasteiger partial charge is 0.252 e. The molecule has 0 saturated carbocycles. The van der Waals surface area contributed by atoms with E-state index in [0.717, 1.165) is 16.9 Å². The van der Waals surface area contributed by atoms with Gasteiger partial charge in [0.05, 0.1) is 17.3 Å². The maximum Gasteiger partial charge on any atom is 0.252 e. The lowest BCUT2D eigenvalue weighted by atomic mass is 10.0. The minimum absolute atomic E-state index is 0.0630. The fourth-order valence-corrected chi connectivity index (χ4v) is 2.17. The molecule has 2 heterocycles. The van der Waals surface area contributed by atoms with E-state index in [-0.39, 0.29) is 11.8 Å². The van der Waals surface area contributed by atoms with Crippen LogP contribution in [0.25, 0.3) is 0 Å². The Morgan fingerprint density at radius 1 is 1.17 bits per heavy atom. The second-order valence-electron chi connectivity index (χ2n) is 4.30. The Morgan fingerprint density at radius 3 is 2.67 bits per heavy atom. The monoisotopic (exact) mass is 239 g/mol. The lowest BCUT2D eigenvalue weighted by molar-refractivity contribution is -0.118. The van der Waals surface area contributed by atoms with Gasteiger partial charge in [-0.2, -0.15) is 0 Å². The Balaban J connectivity index is 1.96. The molecule has 4 nitrogen and oxygen atoms in total. The maximum atomic E-state index is 12.2. The Hall–Kier alpha value is -2.36. The molecule has 1 amide bonds. The number of carbonyl (C=O) groups excluding carboxylic acids is 1. The van der Waals surface area contributed by atoms with Gasteiger partial charge in [0.1, 0.15) is 0 Å². The molecule has 0 fully saturated rings. The molecular weight excluding hydrogens is 226 g/mol. The largest absolute Gasteiger partial charge is 0.291 e. The number of rotatable bonds is 2. The molecule has 1 unspecified atom stereocenters. The van der Waals surface area contributed by atoms with Gasteiger partial charge < -0.3 is 0 Å². The first-order chi connectivity index (χ1) is 8.77. The van der Waals surface area contributed by atoms with Gasteiger partial charge in [0.25, 0.3) is 5.91 Å². The first kappa shape index (κ1) is 10.8. The second-order valence-corrected chi connectivity index (χ2v) is 4.30. The minimum Gasteiger partial charge on any atom is -0.291 e. The van der Waals surface area contributed by atoms with Crippen molar-refractivity contribution < 1.29 is 4.79 Å². The van der Waals surface area contributed by atoms with Crippen LogP contribution >= 0.6 is 0 Å². The highest BCUT2D eigenvalue weighted by Crippen LogP contribution is 2.36. The number of hydrogen-bond acceptors (Lipinski definition) is 3. The summed E-state index contributed by atoms with van der Waals surface area (Å²) in [6.45, 7) is 1.93. The quantitative estimate of drug-likeness (QED) is 0.876. The Bertz CT molecular complexity index is 583. The molecule has 1 N–H and O–H groups in total. The average Bonchev–Trinajstić information content (AvgIpc) is 2.66. The number of amides is 1. The van der Waals surface area contributed by atoms with Gasteiger partial charge in [-0.15, -0.1) is 0 Å². The molecule has 2 aromatic rings. The molecule has 0 radical (unpaired) electrons. The second kappa shape index (κ2) is 4.14. The Labute approximate surface area is 105 Å². The summed E-state index contributed by atoms with van der Waals surface area (Å²) < 4.78 is 0. The van der Waals surface area contributed by atoms with Gasteiger partial charge in [0.15, 0.2) is 0 Å². The fraction of sp³-hybridized carbons (Fsp3) is 0.143. The standard InChI is InChI=1S/C14H13N3O/c1-10-12-4-2-3-5-13(12)17(14(10)18)16-11-6-8-15-9-7-11/h2-10H,1H3,(H,15,16). The van der Waals surface area contributed by atoms with E-state index in [1.807, 2.05) is 43.3 Å². The van der Waals surface area contributed by atoms with Crippen LogP contribution in [0.2, 0.25) is 0 Å². The van der Waals surface area contributed by atoms with Crippen molar-refractivity contribution in [2.45, 2.75) is 12.8 Å². The molecule has 18 heavy (non-hydrogen) atoms. The summed E-state index contributed by atoms with van der Waals surface area (Å²) in [5.41, 5.74) is 5.95. The first-order valence-corrected chi connectivity index (χ1v) is 5.87. The summed E-state index contributed by atoms with van der Waals surface area (Å²) >= 11 is 0. The molecule has 3 rings (SSSR count). The minimum atomic E-state index is -0.101. The molecule has 0 spiro atoms. The van der Waals surface area contributed by atoms with Gasteiger partial charge in [-0.1, -0.05) is 18.2 Å². The van der Waals surface area contributed by atoms with Crippen LogP contribution in [0.15, 0.2) is 48.8 Å². The summed E-state index contributed by atoms with van der Waals surface area (Å²) in [7, 11) is 0. The van der Waals surface area contributed by atoms with Crippen LogP contribution in [0, 0.1) is 0 Å². The maximum absolute atomic E-state index is 12.2. The van der Waals surface area contributed by atoms with E-state index in [4.69, 9.17) is 0 Å². The highest BCUT2D eigenvalue weighted by molar-refractivity contribution is 6.05. The molecule has 1 aromatic carbocycles. The average molecular weight is 239 g/mol. The predicted octanol–water partition coefficient (Wildman–Crippen LogP) is 2.56. The van der Waals surface area contributed by atoms with Crippen molar-refractivity contribution in [3.05, 3.63) is 54.4 Å². The zero-order valence-corrected chi connectivity index (χ0v) is 10.00. The van der Waals surface area contributed by atoms with Crippen molar-refractivity contribution in [1.29, 1.82) is 0 Å². The number of anilines is 2. The van der Waals surface area contributed by atoms with Crippen LogP contribution in [0.5, 0.6) is 0 Å². The Morgan fingerprint density at radius 2 is 1.89 bits per heavy atom. The molecule has 1 aliphatic heterocycles. The Kier molecular flexibility index (Phi) is 2.48. The van der Waals surface area contributed by atoms with E-state index in [0.29, 0.717) is 0 Å². The van der Waals surface area contributed by atoms with Crippen molar-refractivity contribution in [3.63, 3.8) is 0 Å². The zero-order chi connectivity index (χ0) is 12.5. The number of carbonyl (C=O) groups is 1. The normalized spacial score (nSPS) is 17.7. The van der Waals surface area contributed by atoms with Gasteiger partial charge in [0.2, 0.25) is 0 Å². The number of nitrogens with zero attached hydrogens (tertiary/aromatic N) is 2. The summed E-state index contributed by atoms with van der Waals surface area (Å²) in [4.78, 5) is 16.2. The lowest BCUT2D eigenvalue weighted by Gasteiger charge is -2.19. The van der Waals surface area contributed by atoms with Gasteiger partial charge in [-0.05, 0) is 30.7 Å². The van der Waals surface area contributed by atoms with E-state index >= 15 is 0 Å². The fourth-order valence-electron chi connectivity index (χ4n) is 2.17. The highest BCUT2D eigenvalue weighted by atomic mass is 16.2. The number of fused-ring (bicyclic) bond motifs is 1. The zero-order valence-electron chi connectivity index (χ0n) is 10.00. The van der Waals surface area contributed by atoms with E-state index in [1.54, 1.807) is 17.4 Å². The summed E-state index contributed by atoms with van der Waals surface area (Å²) in [6.07, 6.45) is 3.39. The molecule has 90 valence electrons. The van der Waals surface area contributed by atoms with Gasteiger partial charge in [-0.3, -0.25) is 15.2 Å². The van der Waals surface area contributed by atoms with Crippen LogP contribution in [-0.4, -0.2) is 10.9 Å². The van der Waals surface area contributed by atoms with Crippen LogP contribution in [-0.2, 0) is 4.79 Å². The molecule has 0 bridgehead atoms. The number of hydrazine groups is 1. The van der Waals surface area contributed by atoms with Gasteiger partial charge in [0, 0.05) is 12.4 Å². The van der Waals surface area contributed by atoms with E-state index in [2.05, 4.69) is 10.4 Å². The van der Waals surface area contributed by atoms with Crippen molar-refractivity contribution in [3.8, 4) is 0 Å². The molecule has 0 saturated heterocycles. The van der Waals surface area contributed by atoms with Crippen molar-refractivity contribution in [2.24, 2.45) is 0 Å². The third kappa shape index (κ3) is 1.62. The van der Waals surface area contributed by atoms with Crippen molar-refractivity contribution in [2.75, 3.05) is 10.4 Å². The van der Waals surface area contributed by atoms with Crippen LogP contribution in [0.3, 0.4) is 0 Å². The molecule has 4 heteroatoms. The van der Waals surface area contributed by atoms with Gasteiger partial charge >= 0.3 is 0 Å². The van der Waals surface area contributed by atoms with Gasteiger partial charge in [-0.25, -0.2) is 5.01 Å². The van der Waals surface area contributed by atoms with E-state index in [9.17, 15) is 4.79 Å². The van der Waals surface area contributed by atoms with E-state index < -0.39 is 0 Å². The van der Waals surface area contributed by atoms with Crippen LogP contribution in [0.1, 0.15) is 18.4 Å². The van der Waals surface area contributed by atoms with Crippen molar-refractivity contribution in [1.82, 2.24) is 4.98 Å². The third-order valence-corrected chi connectivity index (χ3v) is 3.16. The molecule has 1 atom stereocenters. The number of pyridine rings is 1. The summed E-state index contributed by atoms with van der Waals surface area (Å²) in [5, 5.41) is 1.61. The third-order valence-electron chi connectivity index (χ3n) is 3.16. The number of para-hydroxylation sites is 1. The predicted molar refractivity (Wildman–Crippen MR) is 70.2 cm³/mol. The molecule has 1 aliphatic rings. The first-order valence-electron chi connectivity index (χ1n) is 5.87. The van der Waals surface area contributed by atoms with Crippen molar-refractivity contribution >= 4 is 17.3 Å². The number of hydrogen-bond donors (Lipinski definition) is 1. The van der Waals surface area contributed by atoms with Crippen LogP contribution < -0.4 is 10.4 Å². The van der Waals surface area contributed by atoms with Crippen LogP contribution in [0.4, 0.5) is 11.4 Å². The topological polar surface area (TPSA) is 45.2 Å². The highest BCUT2D eigenvalue weighted by Gasteiger charge is 2.34. The molecule has 0 aliphatic carbocycles. The number of benzene rings is 1.